The van der Waals surface area contributed by atoms with Gasteiger partial charge in [-0.25, -0.2) is 9.78 Å². The van der Waals surface area contributed by atoms with Crippen LogP contribution in [0.15, 0.2) is 12.3 Å². The molecule has 3 heterocycles. The van der Waals surface area contributed by atoms with E-state index in [9.17, 15) is 9.59 Å². The number of aromatic nitrogens is 2. The summed E-state index contributed by atoms with van der Waals surface area (Å²) in [6.45, 7) is 6.81. The Morgan fingerprint density at radius 3 is 2.61 bits per heavy atom. The number of methoxy groups -OCH3 is 1. The Balaban J connectivity index is 1.79. The zero-order valence-corrected chi connectivity index (χ0v) is 16.9. The van der Waals surface area contributed by atoms with Gasteiger partial charge in [-0.1, -0.05) is 13.8 Å². The fourth-order valence-electron chi connectivity index (χ4n) is 4.04. The maximum absolute atomic E-state index is 13.3. The first kappa shape index (κ1) is 20.3. The summed E-state index contributed by atoms with van der Waals surface area (Å²) in [6.07, 6.45) is 3.39. The van der Waals surface area contributed by atoms with Crippen LogP contribution in [-0.2, 0) is 9.53 Å². The Bertz CT molecular complexity index is 717. The lowest BCUT2D eigenvalue weighted by Crippen LogP contribution is -2.57. The summed E-state index contributed by atoms with van der Waals surface area (Å²) in [7, 11) is 1.62. The topological polar surface area (TPSA) is 105 Å². The standard InChI is InChI=1S/C19H30N6O3/c1-14(2)13-25-18(27)24(9-4-12-28-3)16(26)19(25)6-10-23(11-7-19)17-21-8-5-15(20)22-17/h5,8,14H,4,6-7,9-13H2,1-3H3,(H2,20,21,22). The van der Waals surface area contributed by atoms with Gasteiger partial charge in [-0.3, -0.25) is 9.69 Å². The first-order valence-corrected chi connectivity index (χ1v) is 9.85. The van der Waals surface area contributed by atoms with Crippen LogP contribution in [0.1, 0.15) is 33.1 Å². The number of rotatable bonds is 7. The third-order valence-electron chi connectivity index (χ3n) is 5.44. The van der Waals surface area contributed by atoms with Gasteiger partial charge in [0.25, 0.3) is 5.91 Å². The lowest BCUT2D eigenvalue weighted by atomic mass is 9.85. The predicted octanol–water partition coefficient (Wildman–Crippen LogP) is 1.35. The maximum atomic E-state index is 13.3. The predicted molar refractivity (Wildman–Crippen MR) is 106 cm³/mol. The molecule has 3 rings (SSSR count). The van der Waals surface area contributed by atoms with E-state index < -0.39 is 5.54 Å². The van der Waals surface area contributed by atoms with E-state index in [0.29, 0.717) is 63.8 Å². The fraction of sp³-hybridized carbons (Fsp3) is 0.684. The first-order valence-electron chi connectivity index (χ1n) is 9.85. The number of imide groups is 1. The average molecular weight is 390 g/mol. The number of nitrogens with two attached hydrogens (primary N) is 1. The van der Waals surface area contributed by atoms with Crippen LogP contribution in [0.4, 0.5) is 16.6 Å². The number of ether oxygens (including phenoxy) is 1. The minimum atomic E-state index is -0.773. The van der Waals surface area contributed by atoms with Crippen molar-refractivity contribution in [2.75, 3.05) is 50.5 Å². The van der Waals surface area contributed by atoms with Crippen LogP contribution in [0.3, 0.4) is 0 Å². The fourth-order valence-corrected chi connectivity index (χ4v) is 4.04. The van der Waals surface area contributed by atoms with Gasteiger partial charge >= 0.3 is 6.03 Å². The zero-order chi connectivity index (χ0) is 20.3. The smallest absolute Gasteiger partial charge is 0.327 e. The summed E-state index contributed by atoms with van der Waals surface area (Å²) in [5.74, 6) is 1.19. The number of piperidine rings is 1. The van der Waals surface area contributed by atoms with E-state index in [1.807, 2.05) is 4.90 Å². The Hall–Kier alpha value is -2.42. The Morgan fingerprint density at radius 2 is 2.00 bits per heavy atom. The van der Waals surface area contributed by atoms with E-state index in [-0.39, 0.29) is 17.9 Å². The number of urea groups is 1. The van der Waals surface area contributed by atoms with Gasteiger partial charge in [-0.2, -0.15) is 4.98 Å². The third kappa shape index (κ3) is 3.76. The van der Waals surface area contributed by atoms with Crippen LogP contribution >= 0.6 is 0 Å². The quantitative estimate of drug-likeness (QED) is 0.553. The van der Waals surface area contributed by atoms with Crippen molar-refractivity contribution in [2.24, 2.45) is 5.92 Å². The second-order valence-electron chi connectivity index (χ2n) is 7.89. The molecule has 2 fully saturated rings. The molecule has 0 aromatic carbocycles. The maximum Gasteiger partial charge on any atom is 0.327 e. The lowest BCUT2D eigenvalue weighted by Gasteiger charge is -2.42. The van der Waals surface area contributed by atoms with Crippen LogP contribution in [0.25, 0.3) is 0 Å². The number of hydrogen-bond acceptors (Lipinski definition) is 7. The average Bonchev–Trinajstić information content (AvgIpc) is 2.85. The minimum absolute atomic E-state index is 0.0811. The molecule has 0 aliphatic carbocycles. The van der Waals surface area contributed by atoms with Gasteiger partial charge in [0.1, 0.15) is 11.4 Å². The molecule has 0 radical (unpaired) electrons. The highest BCUT2D eigenvalue weighted by molar-refractivity contribution is 6.07. The Labute approximate surface area is 165 Å². The summed E-state index contributed by atoms with van der Waals surface area (Å²) in [5, 5.41) is 0. The van der Waals surface area contributed by atoms with Crippen molar-refractivity contribution in [2.45, 2.75) is 38.6 Å². The highest BCUT2D eigenvalue weighted by atomic mass is 16.5. The van der Waals surface area contributed by atoms with Crippen molar-refractivity contribution in [1.82, 2.24) is 19.8 Å². The van der Waals surface area contributed by atoms with Gasteiger partial charge in [-0.15, -0.1) is 0 Å². The molecule has 0 unspecified atom stereocenters. The van der Waals surface area contributed by atoms with E-state index in [4.69, 9.17) is 10.5 Å². The van der Waals surface area contributed by atoms with Crippen LogP contribution in [0.5, 0.6) is 0 Å². The first-order chi connectivity index (χ1) is 13.4. The summed E-state index contributed by atoms with van der Waals surface area (Å²) in [6, 6.07) is 1.47. The van der Waals surface area contributed by atoms with Crippen molar-refractivity contribution in [3.8, 4) is 0 Å². The molecule has 9 nitrogen and oxygen atoms in total. The van der Waals surface area contributed by atoms with Crippen LogP contribution in [-0.4, -0.2) is 77.1 Å². The minimum Gasteiger partial charge on any atom is -0.385 e. The van der Waals surface area contributed by atoms with E-state index in [2.05, 4.69) is 23.8 Å². The highest BCUT2D eigenvalue weighted by Gasteiger charge is 2.57. The largest absolute Gasteiger partial charge is 0.385 e. The number of nitrogens with zero attached hydrogens (tertiary/aromatic N) is 5. The molecule has 1 aromatic heterocycles. The zero-order valence-electron chi connectivity index (χ0n) is 16.9. The summed E-state index contributed by atoms with van der Waals surface area (Å²) >= 11 is 0. The molecular weight excluding hydrogens is 360 g/mol. The Morgan fingerprint density at radius 1 is 1.29 bits per heavy atom. The molecule has 154 valence electrons. The van der Waals surface area contributed by atoms with Gasteiger partial charge < -0.3 is 20.3 Å². The summed E-state index contributed by atoms with van der Waals surface area (Å²) in [4.78, 5) is 40.2. The lowest BCUT2D eigenvalue weighted by molar-refractivity contribution is -0.134. The highest BCUT2D eigenvalue weighted by Crippen LogP contribution is 2.38. The van der Waals surface area contributed by atoms with Crippen molar-refractivity contribution in [3.05, 3.63) is 12.3 Å². The van der Waals surface area contributed by atoms with Gasteiger partial charge in [0, 0.05) is 46.1 Å². The van der Waals surface area contributed by atoms with Crippen LogP contribution in [0.2, 0.25) is 0 Å². The number of amides is 3. The molecule has 1 spiro atoms. The monoisotopic (exact) mass is 390 g/mol. The number of nitrogen functional groups attached to an aromatic ring is 1. The van der Waals surface area contributed by atoms with E-state index in [1.165, 1.54) is 4.90 Å². The van der Waals surface area contributed by atoms with Crippen LogP contribution in [0, 0.1) is 5.92 Å². The normalized spacial score (nSPS) is 19.4. The molecule has 3 amide bonds. The van der Waals surface area contributed by atoms with Crippen molar-refractivity contribution < 1.29 is 14.3 Å². The summed E-state index contributed by atoms with van der Waals surface area (Å²) in [5.41, 5.74) is 5.00. The molecule has 0 bridgehead atoms. The Kier molecular flexibility index (Phi) is 6.02. The van der Waals surface area contributed by atoms with Crippen molar-refractivity contribution in [1.29, 1.82) is 0 Å². The van der Waals surface area contributed by atoms with Gasteiger partial charge in [0.05, 0.1) is 0 Å². The second-order valence-corrected chi connectivity index (χ2v) is 7.89. The molecule has 1 aromatic rings. The third-order valence-corrected chi connectivity index (χ3v) is 5.44. The van der Waals surface area contributed by atoms with E-state index in [1.54, 1.807) is 24.3 Å². The molecular formula is C19H30N6O3. The molecule has 2 saturated heterocycles. The molecule has 28 heavy (non-hydrogen) atoms. The second kappa shape index (κ2) is 8.30. The number of carbonyl (C=O) groups is 2. The molecule has 9 heteroatoms. The van der Waals surface area contributed by atoms with Crippen molar-refractivity contribution in [3.63, 3.8) is 0 Å². The molecule has 2 N–H and O–H groups in total. The number of hydrogen-bond donors (Lipinski definition) is 1. The molecule has 0 saturated carbocycles. The number of anilines is 2. The van der Waals surface area contributed by atoms with Crippen molar-refractivity contribution >= 4 is 23.7 Å². The molecule has 2 aliphatic rings. The number of carbonyl (C=O) groups excluding carboxylic acids is 2. The van der Waals surface area contributed by atoms with Gasteiger partial charge in [0.15, 0.2) is 0 Å². The van der Waals surface area contributed by atoms with E-state index >= 15 is 0 Å². The van der Waals surface area contributed by atoms with Gasteiger partial charge in [-0.05, 0) is 31.2 Å². The van der Waals surface area contributed by atoms with E-state index in [0.717, 1.165) is 0 Å². The van der Waals surface area contributed by atoms with Crippen LogP contribution < -0.4 is 10.6 Å². The van der Waals surface area contributed by atoms with Gasteiger partial charge in [0.2, 0.25) is 5.95 Å². The summed E-state index contributed by atoms with van der Waals surface area (Å²) < 4.78 is 5.08. The molecule has 0 atom stereocenters. The SMILES string of the molecule is COCCCN1C(=O)N(CC(C)C)C2(CCN(c3nccc(N)n3)CC2)C1=O. The molecule has 2 aliphatic heterocycles.